The van der Waals surface area contributed by atoms with Crippen molar-refractivity contribution in [2.24, 2.45) is 0 Å². The van der Waals surface area contributed by atoms with Crippen molar-refractivity contribution in [1.82, 2.24) is 5.32 Å². The Morgan fingerprint density at radius 3 is 2.05 bits per heavy atom. The quantitative estimate of drug-likeness (QED) is 0.784. The van der Waals surface area contributed by atoms with Crippen molar-refractivity contribution in [2.45, 2.75) is 82.5 Å². The van der Waals surface area contributed by atoms with Crippen LogP contribution >= 0.6 is 0 Å². The molecule has 0 aromatic rings. The molecule has 1 heterocycles. The van der Waals surface area contributed by atoms with Crippen LogP contribution in [0.5, 0.6) is 0 Å². The number of rotatable bonds is 4. The number of aliphatic hydroxyl groups excluding tert-OH is 1. The van der Waals surface area contributed by atoms with Gasteiger partial charge in [0.1, 0.15) is 0 Å². The van der Waals surface area contributed by atoms with E-state index in [9.17, 15) is 0 Å². The standard InChI is InChI=1S/C17H33NO3/c19-13-12-18-14-16-15-20-17(21-16)10-8-6-4-2-1-3-5-7-9-11-17/h16,18-19H,1-15H2. The van der Waals surface area contributed by atoms with Gasteiger partial charge in [0.2, 0.25) is 0 Å². The largest absolute Gasteiger partial charge is 0.395 e. The van der Waals surface area contributed by atoms with Gasteiger partial charge in [-0.25, -0.2) is 0 Å². The van der Waals surface area contributed by atoms with E-state index in [1.165, 1.54) is 57.8 Å². The Labute approximate surface area is 129 Å². The molecule has 2 rings (SSSR count). The minimum absolute atomic E-state index is 0.143. The highest BCUT2D eigenvalue weighted by molar-refractivity contribution is 4.81. The molecule has 0 aromatic heterocycles. The zero-order valence-electron chi connectivity index (χ0n) is 13.4. The van der Waals surface area contributed by atoms with Gasteiger partial charge in [0, 0.05) is 25.9 Å². The van der Waals surface area contributed by atoms with Crippen molar-refractivity contribution in [3.8, 4) is 0 Å². The lowest BCUT2D eigenvalue weighted by molar-refractivity contribution is -0.179. The van der Waals surface area contributed by atoms with E-state index in [1.54, 1.807) is 0 Å². The first-order valence-corrected chi connectivity index (χ1v) is 8.98. The third-order valence-corrected chi connectivity index (χ3v) is 4.69. The van der Waals surface area contributed by atoms with Crippen molar-refractivity contribution < 1.29 is 14.6 Å². The third kappa shape index (κ3) is 6.23. The van der Waals surface area contributed by atoms with Crippen LogP contribution in [0.15, 0.2) is 0 Å². The van der Waals surface area contributed by atoms with Gasteiger partial charge in [0.25, 0.3) is 0 Å². The molecule has 1 unspecified atom stereocenters. The number of hydrogen-bond donors (Lipinski definition) is 2. The fourth-order valence-corrected chi connectivity index (χ4v) is 3.47. The van der Waals surface area contributed by atoms with E-state index in [1.807, 2.05) is 0 Å². The molecule has 1 saturated carbocycles. The molecule has 0 aromatic carbocycles. The second kappa shape index (κ2) is 9.78. The molecule has 21 heavy (non-hydrogen) atoms. The zero-order valence-corrected chi connectivity index (χ0v) is 13.4. The Morgan fingerprint density at radius 1 is 0.905 bits per heavy atom. The molecule has 0 radical (unpaired) electrons. The predicted molar refractivity (Wildman–Crippen MR) is 84.3 cm³/mol. The van der Waals surface area contributed by atoms with E-state index in [4.69, 9.17) is 14.6 Å². The highest BCUT2D eigenvalue weighted by atomic mass is 16.7. The van der Waals surface area contributed by atoms with Gasteiger partial charge < -0.3 is 19.9 Å². The van der Waals surface area contributed by atoms with Gasteiger partial charge in [-0.3, -0.25) is 0 Å². The summed E-state index contributed by atoms with van der Waals surface area (Å²) in [6.45, 7) is 2.28. The Morgan fingerprint density at radius 2 is 1.48 bits per heavy atom. The summed E-state index contributed by atoms with van der Waals surface area (Å²) in [7, 11) is 0. The average molecular weight is 299 g/mol. The molecule has 4 heteroatoms. The molecular formula is C17H33NO3. The van der Waals surface area contributed by atoms with Gasteiger partial charge >= 0.3 is 0 Å². The van der Waals surface area contributed by atoms with Crippen LogP contribution in [0.4, 0.5) is 0 Å². The average Bonchev–Trinajstić information content (AvgIpc) is 2.87. The molecule has 0 amide bonds. The SMILES string of the molecule is OCCNCC1COC2(CCCCCCCCCCC2)O1. The first-order chi connectivity index (χ1) is 10.3. The summed E-state index contributed by atoms with van der Waals surface area (Å²) >= 11 is 0. The van der Waals surface area contributed by atoms with Crippen LogP contribution in [0.25, 0.3) is 0 Å². The van der Waals surface area contributed by atoms with Gasteiger partial charge in [0.05, 0.1) is 19.3 Å². The monoisotopic (exact) mass is 299 g/mol. The Kier molecular flexibility index (Phi) is 8.01. The molecule has 2 fully saturated rings. The fraction of sp³-hybridized carbons (Fsp3) is 1.00. The highest BCUT2D eigenvalue weighted by Gasteiger charge is 2.40. The van der Waals surface area contributed by atoms with Crippen LogP contribution in [0.3, 0.4) is 0 Å². The summed E-state index contributed by atoms with van der Waals surface area (Å²) in [6.07, 6.45) is 14.2. The van der Waals surface area contributed by atoms with Crippen molar-refractivity contribution in [3.63, 3.8) is 0 Å². The lowest BCUT2D eigenvalue weighted by atomic mass is 9.97. The van der Waals surface area contributed by atoms with E-state index in [2.05, 4.69) is 5.32 Å². The molecular weight excluding hydrogens is 266 g/mol. The van der Waals surface area contributed by atoms with E-state index in [0.29, 0.717) is 13.2 Å². The highest BCUT2D eigenvalue weighted by Crippen LogP contribution is 2.34. The van der Waals surface area contributed by atoms with Crippen LogP contribution < -0.4 is 5.32 Å². The minimum atomic E-state index is -0.315. The van der Waals surface area contributed by atoms with Crippen molar-refractivity contribution in [3.05, 3.63) is 0 Å². The molecule has 1 aliphatic heterocycles. The molecule has 0 bridgehead atoms. The molecule has 1 atom stereocenters. The first kappa shape index (κ1) is 17.2. The second-order valence-electron chi connectivity index (χ2n) is 6.57. The van der Waals surface area contributed by atoms with E-state index >= 15 is 0 Å². The summed E-state index contributed by atoms with van der Waals surface area (Å²) in [5, 5.41) is 12.0. The number of hydrogen-bond acceptors (Lipinski definition) is 4. The summed E-state index contributed by atoms with van der Waals surface area (Å²) in [5.41, 5.74) is 0. The van der Waals surface area contributed by atoms with Gasteiger partial charge in [0.15, 0.2) is 5.79 Å². The van der Waals surface area contributed by atoms with Gasteiger partial charge in [-0.15, -0.1) is 0 Å². The maximum atomic E-state index is 8.82. The molecule has 124 valence electrons. The summed E-state index contributed by atoms with van der Waals surface area (Å²) in [4.78, 5) is 0. The fourth-order valence-electron chi connectivity index (χ4n) is 3.47. The van der Waals surface area contributed by atoms with Crippen molar-refractivity contribution in [2.75, 3.05) is 26.3 Å². The number of ether oxygens (including phenoxy) is 2. The Hall–Kier alpha value is -0.160. The third-order valence-electron chi connectivity index (χ3n) is 4.69. The summed E-state index contributed by atoms with van der Waals surface area (Å²) in [5.74, 6) is -0.315. The lowest BCUT2D eigenvalue weighted by Crippen LogP contribution is -2.35. The summed E-state index contributed by atoms with van der Waals surface area (Å²) in [6, 6.07) is 0. The Bertz CT molecular complexity index is 261. The second-order valence-corrected chi connectivity index (χ2v) is 6.57. The topological polar surface area (TPSA) is 50.7 Å². The Balaban J connectivity index is 1.79. The maximum absolute atomic E-state index is 8.82. The van der Waals surface area contributed by atoms with Crippen LogP contribution in [-0.4, -0.2) is 43.3 Å². The van der Waals surface area contributed by atoms with E-state index in [-0.39, 0.29) is 18.5 Å². The number of aliphatic hydroxyl groups is 1. The zero-order chi connectivity index (χ0) is 14.8. The first-order valence-electron chi connectivity index (χ1n) is 8.98. The van der Waals surface area contributed by atoms with Crippen LogP contribution in [-0.2, 0) is 9.47 Å². The van der Waals surface area contributed by atoms with Gasteiger partial charge in [-0.2, -0.15) is 0 Å². The molecule has 1 saturated heterocycles. The molecule has 1 spiro atoms. The van der Waals surface area contributed by atoms with E-state index < -0.39 is 0 Å². The summed E-state index contributed by atoms with van der Waals surface area (Å²) < 4.78 is 12.4. The smallest absolute Gasteiger partial charge is 0.168 e. The maximum Gasteiger partial charge on any atom is 0.168 e. The number of nitrogens with one attached hydrogen (secondary N) is 1. The van der Waals surface area contributed by atoms with E-state index in [0.717, 1.165) is 19.4 Å². The van der Waals surface area contributed by atoms with Gasteiger partial charge in [-0.1, -0.05) is 44.9 Å². The van der Waals surface area contributed by atoms with Crippen molar-refractivity contribution >= 4 is 0 Å². The lowest BCUT2D eigenvalue weighted by Gasteiger charge is -2.29. The van der Waals surface area contributed by atoms with Crippen LogP contribution in [0, 0.1) is 0 Å². The normalized spacial score (nSPS) is 28.1. The predicted octanol–water partition coefficient (Wildman–Crippen LogP) is 2.98. The van der Waals surface area contributed by atoms with Crippen molar-refractivity contribution in [1.29, 1.82) is 0 Å². The van der Waals surface area contributed by atoms with Gasteiger partial charge in [-0.05, 0) is 12.8 Å². The van der Waals surface area contributed by atoms with Crippen LogP contribution in [0.2, 0.25) is 0 Å². The molecule has 4 nitrogen and oxygen atoms in total. The minimum Gasteiger partial charge on any atom is -0.395 e. The molecule has 2 N–H and O–H groups in total. The molecule has 1 aliphatic carbocycles. The van der Waals surface area contributed by atoms with Crippen LogP contribution in [0.1, 0.15) is 70.6 Å². The molecule has 2 aliphatic rings.